The molecule has 0 aromatic heterocycles. The number of hydrogen-bond acceptors (Lipinski definition) is 6. The molecule has 1 heterocycles. The molecule has 0 atom stereocenters. The maximum Gasteiger partial charge on any atom is 0.326 e. The molecule has 0 N–H and O–H groups in total. The Morgan fingerprint density at radius 2 is 1.83 bits per heavy atom. The van der Waals surface area contributed by atoms with E-state index in [9.17, 15) is 14.4 Å². The van der Waals surface area contributed by atoms with Crippen molar-refractivity contribution in [1.29, 1.82) is 0 Å². The average molecular weight is 349 g/mol. The van der Waals surface area contributed by atoms with E-state index in [1.54, 1.807) is 58.2 Å². The highest BCUT2D eigenvalue weighted by atomic mass is 32.2. The maximum atomic E-state index is 12.3. The Labute approximate surface area is 144 Å². The molecule has 1 aliphatic heterocycles. The number of carbonyl (C=O) groups excluding carboxylic acids is 3. The molecule has 1 saturated heterocycles. The van der Waals surface area contributed by atoms with Crippen molar-refractivity contribution in [2.75, 3.05) is 13.7 Å². The minimum atomic E-state index is -0.669. The molecule has 1 fully saturated rings. The smallest absolute Gasteiger partial charge is 0.326 e. The van der Waals surface area contributed by atoms with Crippen LogP contribution in [0, 0.1) is 0 Å². The fourth-order valence-electron chi connectivity index (χ4n) is 1.99. The second-order valence-electron chi connectivity index (χ2n) is 6.13. The van der Waals surface area contributed by atoms with Gasteiger partial charge in [0, 0.05) is 0 Å². The third kappa shape index (κ3) is 4.61. The van der Waals surface area contributed by atoms with Crippen LogP contribution in [-0.2, 0) is 14.3 Å². The standard InChI is InChI=1S/C17H19NO5S/c1-17(2,3)23-14(19)10-18-15(20)13(24-16(18)21)9-11-5-7-12(22-4)8-6-11/h5-9H,10H2,1-4H3/b13-9-. The SMILES string of the molecule is COc1ccc(/C=C2\SC(=O)N(CC(=O)OC(C)(C)C)C2=O)cc1. The van der Waals surface area contributed by atoms with Gasteiger partial charge in [-0.1, -0.05) is 12.1 Å². The zero-order valence-electron chi connectivity index (χ0n) is 14.0. The first kappa shape index (κ1) is 18.1. The summed E-state index contributed by atoms with van der Waals surface area (Å²) in [5.74, 6) is -0.410. The highest BCUT2D eigenvalue weighted by molar-refractivity contribution is 8.18. The first-order chi connectivity index (χ1) is 11.2. The van der Waals surface area contributed by atoms with Gasteiger partial charge in [-0.15, -0.1) is 0 Å². The Bertz CT molecular complexity index is 688. The Morgan fingerprint density at radius 1 is 1.21 bits per heavy atom. The van der Waals surface area contributed by atoms with Gasteiger partial charge in [0.25, 0.3) is 11.1 Å². The first-order valence-corrected chi connectivity index (χ1v) is 8.12. The van der Waals surface area contributed by atoms with Crippen molar-refractivity contribution < 1.29 is 23.9 Å². The molecule has 0 saturated carbocycles. The van der Waals surface area contributed by atoms with Gasteiger partial charge in [0.15, 0.2) is 0 Å². The quantitative estimate of drug-likeness (QED) is 0.614. The van der Waals surface area contributed by atoms with Crippen molar-refractivity contribution >= 4 is 35.0 Å². The lowest BCUT2D eigenvalue weighted by molar-refractivity contribution is -0.156. The molecule has 6 nitrogen and oxygen atoms in total. The van der Waals surface area contributed by atoms with E-state index in [2.05, 4.69) is 0 Å². The molecule has 0 spiro atoms. The number of nitrogens with zero attached hydrogens (tertiary/aromatic N) is 1. The Kier molecular flexibility index (Phi) is 5.33. The van der Waals surface area contributed by atoms with Crippen molar-refractivity contribution in [2.45, 2.75) is 26.4 Å². The zero-order valence-corrected chi connectivity index (χ0v) is 14.8. The highest BCUT2D eigenvalue weighted by Gasteiger charge is 2.37. The molecule has 1 aromatic carbocycles. The largest absolute Gasteiger partial charge is 0.497 e. The van der Waals surface area contributed by atoms with E-state index in [0.29, 0.717) is 5.75 Å². The summed E-state index contributed by atoms with van der Waals surface area (Å²) < 4.78 is 10.2. The molecular weight excluding hydrogens is 330 g/mol. The van der Waals surface area contributed by atoms with Crippen molar-refractivity contribution in [3.8, 4) is 5.75 Å². The highest BCUT2D eigenvalue weighted by Crippen LogP contribution is 2.32. The number of hydrogen-bond donors (Lipinski definition) is 0. The van der Waals surface area contributed by atoms with Gasteiger partial charge < -0.3 is 9.47 Å². The molecule has 7 heteroatoms. The third-order valence-corrected chi connectivity index (χ3v) is 3.90. The third-order valence-electron chi connectivity index (χ3n) is 2.99. The maximum absolute atomic E-state index is 12.3. The van der Waals surface area contributed by atoms with Crippen molar-refractivity contribution in [2.24, 2.45) is 0 Å². The average Bonchev–Trinajstić information content (AvgIpc) is 2.74. The lowest BCUT2D eigenvalue weighted by Gasteiger charge is -2.21. The molecule has 2 rings (SSSR count). The van der Waals surface area contributed by atoms with Crippen molar-refractivity contribution in [3.05, 3.63) is 34.7 Å². The Hall–Kier alpha value is -2.28. The van der Waals surface area contributed by atoms with Crippen LogP contribution in [0.5, 0.6) is 5.75 Å². The number of methoxy groups -OCH3 is 1. The van der Waals surface area contributed by atoms with E-state index in [1.165, 1.54) is 0 Å². The second-order valence-corrected chi connectivity index (χ2v) is 7.12. The van der Waals surface area contributed by atoms with Crippen LogP contribution in [0.15, 0.2) is 29.2 Å². The summed E-state index contributed by atoms with van der Waals surface area (Å²) in [7, 11) is 1.57. The van der Waals surface area contributed by atoms with E-state index >= 15 is 0 Å². The summed E-state index contributed by atoms with van der Waals surface area (Å²) in [6.45, 7) is 4.79. The lowest BCUT2D eigenvalue weighted by Crippen LogP contribution is -2.37. The van der Waals surface area contributed by atoms with Crippen molar-refractivity contribution in [1.82, 2.24) is 4.90 Å². The number of benzene rings is 1. The zero-order chi connectivity index (χ0) is 17.9. The summed E-state index contributed by atoms with van der Waals surface area (Å²) >= 11 is 0.806. The number of thioether (sulfide) groups is 1. The molecule has 128 valence electrons. The van der Waals surface area contributed by atoms with E-state index in [0.717, 1.165) is 22.2 Å². The molecule has 0 aliphatic carbocycles. The van der Waals surface area contributed by atoms with Crippen LogP contribution in [0.25, 0.3) is 6.08 Å². The van der Waals surface area contributed by atoms with E-state index in [1.807, 2.05) is 0 Å². The molecule has 24 heavy (non-hydrogen) atoms. The molecular formula is C17H19NO5S. The molecule has 0 radical (unpaired) electrons. The minimum Gasteiger partial charge on any atom is -0.497 e. The molecule has 1 aromatic rings. The van der Waals surface area contributed by atoms with Gasteiger partial charge in [0.2, 0.25) is 0 Å². The van der Waals surface area contributed by atoms with E-state index < -0.39 is 22.7 Å². The number of rotatable bonds is 4. The summed E-state index contributed by atoms with van der Waals surface area (Å²) in [6, 6.07) is 7.08. The monoisotopic (exact) mass is 349 g/mol. The summed E-state index contributed by atoms with van der Waals surface area (Å²) in [6.07, 6.45) is 1.61. The molecule has 0 bridgehead atoms. The van der Waals surface area contributed by atoms with Crippen LogP contribution >= 0.6 is 11.8 Å². The minimum absolute atomic E-state index is 0.272. The predicted molar refractivity (Wildman–Crippen MR) is 91.5 cm³/mol. The predicted octanol–water partition coefficient (Wildman–Crippen LogP) is 3.07. The van der Waals surface area contributed by atoms with Gasteiger partial charge in [0.1, 0.15) is 17.9 Å². The number of esters is 1. The fraction of sp³-hybridized carbons (Fsp3) is 0.353. The molecule has 0 unspecified atom stereocenters. The Morgan fingerprint density at radius 3 is 2.38 bits per heavy atom. The van der Waals surface area contributed by atoms with E-state index in [-0.39, 0.29) is 11.4 Å². The molecule has 1 aliphatic rings. The van der Waals surface area contributed by atoms with Gasteiger partial charge in [0.05, 0.1) is 12.0 Å². The summed E-state index contributed by atoms with van der Waals surface area (Å²) in [5, 5.41) is -0.481. The van der Waals surface area contributed by atoms with E-state index in [4.69, 9.17) is 9.47 Å². The van der Waals surface area contributed by atoms with Gasteiger partial charge in [-0.2, -0.15) is 0 Å². The van der Waals surface area contributed by atoms with Crippen LogP contribution in [0.1, 0.15) is 26.3 Å². The molecule has 2 amide bonds. The first-order valence-electron chi connectivity index (χ1n) is 7.31. The number of imide groups is 1. The number of amides is 2. The fourth-order valence-corrected chi connectivity index (χ4v) is 2.83. The Balaban J connectivity index is 2.10. The lowest BCUT2D eigenvalue weighted by atomic mass is 10.2. The summed E-state index contributed by atoms with van der Waals surface area (Å²) in [4.78, 5) is 37.3. The van der Waals surface area contributed by atoms with Gasteiger partial charge in [-0.3, -0.25) is 19.3 Å². The van der Waals surface area contributed by atoms with Gasteiger partial charge in [-0.25, -0.2) is 0 Å². The van der Waals surface area contributed by atoms with Crippen LogP contribution < -0.4 is 4.74 Å². The van der Waals surface area contributed by atoms with Crippen LogP contribution in [0.4, 0.5) is 4.79 Å². The van der Waals surface area contributed by atoms with Gasteiger partial charge >= 0.3 is 5.97 Å². The van der Waals surface area contributed by atoms with Crippen LogP contribution in [-0.4, -0.2) is 41.3 Å². The topological polar surface area (TPSA) is 72.9 Å². The van der Waals surface area contributed by atoms with Gasteiger partial charge in [-0.05, 0) is 56.3 Å². The van der Waals surface area contributed by atoms with Crippen LogP contribution in [0.2, 0.25) is 0 Å². The number of ether oxygens (including phenoxy) is 2. The summed E-state index contributed by atoms with van der Waals surface area (Å²) in [5.41, 5.74) is 0.0937. The van der Waals surface area contributed by atoms with Crippen molar-refractivity contribution in [3.63, 3.8) is 0 Å². The number of carbonyl (C=O) groups is 3. The normalized spacial score (nSPS) is 16.7. The van der Waals surface area contributed by atoms with Crippen LogP contribution in [0.3, 0.4) is 0 Å². The second kappa shape index (κ2) is 7.09.